The van der Waals surface area contributed by atoms with Crippen molar-refractivity contribution in [2.75, 3.05) is 24.6 Å². The first-order valence-electron chi connectivity index (χ1n) is 12.3. The second kappa shape index (κ2) is 9.19. The summed E-state index contributed by atoms with van der Waals surface area (Å²) in [6, 6.07) is 7.91. The Kier molecular flexibility index (Phi) is 5.70. The maximum atomic E-state index is 12.7. The van der Waals surface area contributed by atoms with Crippen molar-refractivity contribution in [3.63, 3.8) is 0 Å². The van der Waals surface area contributed by atoms with Crippen LogP contribution in [0.2, 0.25) is 0 Å². The van der Waals surface area contributed by atoms with E-state index in [0.29, 0.717) is 23.6 Å². The molecule has 1 aromatic carbocycles. The normalized spacial score (nSPS) is 14.6. The third-order valence-corrected chi connectivity index (χ3v) is 6.88. The number of aryl methyl sites for hydroxylation is 1. The predicted octanol–water partition coefficient (Wildman–Crippen LogP) is 2.27. The molecular weight excluding hydrogens is 474 g/mol. The number of rotatable bonds is 6. The molecule has 1 fully saturated rings. The number of aromatic amines is 1. The fraction of sp³-hybridized carbons (Fsp3) is 0.360. The number of piperidine rings is 1. The van der Waals surface area contributed by atoms with Gasteiger partial charge in [-0.2, -0.15) is 5.10 Å². The summed E-state index contributed by atoms with van der Waals surface area (Å²) in [5.41, 5.74) is 3.93. The highest BCUT2D eigenvalue weighted by molar-refractivity contribution is 5.86. The van der Waals surface area contributed by atoms with Crippen LogP contribution in [0.4, 0.5) is 5.82 Å². The molecule has 0 amide bonds. The van der Waals surface area contributed by atoms with Crippen molar-refractivity contribution in [2.45, 2.75) is 32.4 Å². The monoisotopic (exact) mass is 501 g/mol. The standard InChI is InChI=1S/C25H27N9O3/c1-3-37-20(35)14-33-13-16(12-28-33)22-30-21-23(31(22)2)26-15-27-24(21)32-10-8-17(9-11-32)34-19-7-5-4-6-18(19)29-25(34)36/h4-7,12-13,15,17H,3,8-11,14H2,1-2H3,(H,29,36). The molecule has 12 heteroatoms. The van der Waals surface area contributed by atoms with Gasteiger partial charge in [0.15, 0.2) is 17.0 Å². The lowest BCUT2D eigenvalue weighted by Gasteiger charge is -2.33. The van der Waals surface area contributed by atoms with Crippen molar-refractivity contribution in [3.05, 3.63) is 53.5 Å². The third kappa shape index (κ3) is 4.03. The van der Waals surface area contributed by atoms with Gasteiger partial charge < -0.3 is 19.2 Å². The van der Waals surface area contributed by atoms with Gasteiger partial charge in [-0.05, 0) is 31.9 Å². The summed E-state index contributed by atoms with van der Waals surface area (Å²) in [4.78, 5) is 43.6. The number of H-pyrrole nitrogens is 1. The number of anilines is 1. The smallest absolute Gasteiger partial charge is 0.327 e. The van der Waals surface area contributed by atoms with Gasteiger partial charge in [0, 0.05) is 32.4 Å². The van der Waals surface area contributed by atoms with Crippen LogP contribution in [-0.4, -0.2) is 64.5 Å². The lowest BCUT2D eigenvalue weighted by atomic mass is 10.0. The van der Waals surface area contributed by atoms with E-state index in [1.165, 1.54) is 4.68 Å². The maximum Gasteiger partial charge on any atom is 0.327 e. The van der Waals surface area contributed by atoms with E-state index in [1.807, 2.05) is 40.4 Å². The molecule has 190 valence electrons. The number of benzene rings is 1. The minimum atomic E-state index is -0.339. The van der Waals surface area contributed by atoms with Crippen LogP contribution in [0.1, 0.15) is 25.8 Å². The Bertz CT molecular complexity index is 1650. The van der Waals surface area contributed by atoms with E-state index in [0.717, 1.165) is 48.3 Å². The number of esters is 1. The van der Waals surface area contributed by atoms with E-state index in [-0.39, 0.29) is 24.2 Å². The quantitative estimate of drug-likeness (QED) is 0.351. The molecule has 12 nitrogen and oxygen atoms in total. The van der Waals surface area contributed by atoms with Crippen LogP contribution >= 0.6 is 0 Å². The summed E-state index contributed by atoms with van der Waals surface area (Å²) < 4.78 is 10.3. The van der Waals surface area contributed by atoms with Crippen LogP contribution in [0.3, 0.4) is 0 Å². The van der Waals surface area contributed by atoms with Gasteiger partial charge in [0.05, 0.1) is 29.4 Å². The highest BCUT2D eigenvalue weighted by Gasteiger charge is 2.27. The van der Waals surface area contributed by atoms with Crippen LogP contribution in [0, 0.1) is 0 Å². The molecular formula is C25H27N9O3. The van der Waals surface area contributed by atoms with Gasteiger partial charge in [0.25, 0.3) is 0 Å². The number of ether oxygens (including phenoxy) is 1. The van der Waals surface area contributed by atoms with Crippen molar-refractivity contribution in [1.29, 1.82) is 0 Å². The number of hydrogen-bond acceptors (Lipinski definition) is 8. The summed E-state index contributed by atoms with van der Waals surface area (Å²) in [5, 5.41) is 4.29. The summed E-state index contributed by atoms with van der Waals surface area (Å²) in [6.07, 6.45) is 6.64. The molecule has 6 rings (SSSR count). The van der Waals surface area contributed by atoms with Crippen molar-refractivity contribution in [2.24, 2.45) is 7.05 Å². The van der Waals surface area contributed by atoms with Crippen molar-refractivity contribution in [3.8, 4) is 11.4 Å². The molecule has 0 aliphatic carbocycles. The minimum Gasteiger partial charge on any atom is -0.465 e. The van der Waals surface area contributed by atoms with Gasteiger partial charge in [-0.3, -0.25) is 14.0 Å². The van der Waals surface area contributed by atoms with E-state index in [4.69, 9.17) is 9.72 Å². The molecule has 1 N–H and O–H groups in total. The first kappa shape index (κ1) is 23.0. The fourth-order valence-electron chi connectivity index (χ4n) is 5.15. The fourth-order valence-corrected chi connectivity index (χ4v) is 5.15. The second-order valence-electron chi connectivity index (χ2n) is 9.13. The van der Waals surface area contributed by atoms with Crippen LogP contribution < -0.4 is 10.6 Å². The molecule has 0 bridgehead atoms. The van der Waals surface area contributed by atoms with Crippen molar-refractivity contribution < 1.29 is 9.53 Å². The second-order valence-corrected chi connectivity index (χ2v) is 9.13. The third-order valence-electron chi connectivity index (χ3n) is 6.88. The largest absolute Gasteiger partial charge is 0.465 e. The molecule has 1 aliphatic rings. The highest BCUT2D eigenvalue weighted by Crippen LogP contribution is 2.31. The number of hydrogen-bond donors (Lipinski definition) is 1. The zero-order valence-corrected chi connectivity index (χ0v) is 20.7. The number of imidazole rings is 2. The van der Waals surface area contributed by atoms with E-state index >= 15 is 0 Å². The molecule has 0 spiro atoms. The Morgan fingerprint density at radius 2 is 2.00 bits per heavy atom. The Hall–Kier alpha value is -4.48. The zero-order chi connectivity index (χ0) is 25.5. The van der Waals surface area contributed by atoms with E-state index in [9.17, 15) is 9.59 Å². The van der Waals surface area contributed by atoms with Crippen LogP contribution in [0.5, 0.6) is 0 Å². The Labute approximate surface area is 211 Å². The summed E-state index contributed by atoms with van der Waals surface area (Å²) >= 11 is 0. The van der Waals surface area contributed by atoms with E-state index in [1.54, 1.807) is 25.6 Å². The number of nitrogens with zero attached hydrogens (tertiary/aromatic N) is 8. The predicted molar refractivity (Wildman–Crippen MR) is 137 cm³/mol. The Morgan fingerprint density at radius 1 is 1.19 bits per heavy atom. The highest BCUT2D eigenvalue weighted by atomic mass is 16.5. The SMILES string of the molecule is CCOC(=O)Cn1cc(-c2nc3c(N4CCC(n5c(=O)[nH]c6ccccc65)CC4)ncnc3n2C)cn1. The molecule has 4 aromatic heterocycles. The zero-order valence-electron chi connectivity index (χ0n) is 20.7. The lowest BCUT2D eigenvalue weighted by Crippen LogP contribution is -2.37. The molecule has 5 heterocycles. The van der Waals surface area contributed by atoms with Gasteiger partial charge in [-0.25, -0.2) is 19.7 Å². The van der Waals surface area contributed by atoms with Crippen molar-refractivity contribution >= 4 is 34.0 Å². The molecule has 1 saturated heterocycles. The number of aromatic nitrogens is 8. The van der Waals surface area contributed by atoms with Crippen LogP contribution in [0.25, 0.3) is 33.6 Å². The number of nitrogens with one attached hydrogen (secondary N) is 1. The minimum absolute atomic E-state index is 0.0390. The van der Waals surface area contributed by atoms with E-state index in [2.05, 4.69) is 25.0 Å². The lowest BCUT2D eigenvalue weighted by molar-refractivity contribution is -0.144. The topological polar surface area (TPSA) is 129 Å². The number of para-hydroxylation sites is 2. The molecule has 0 saturated carbocycles. The Balaban J connectivity index is 1.25. The molecule has 0 radical (unpaired) electrons. The molecule has 1 aliphatic heterocycles. The average molecular weight is 502 g/mol. The van der Waals surface area contributed by atoms with Gasteiger partial charge >= 0.3 is 11.7 Å². The molecule has 0 unspecified atom stereocenters. The first-order chi connectivity index (χ1) is 18.0. The molecule has 5 aromatic rings. The van der Waals surface area contributed by atoms with Gasteiger partial charge in [-0.1, -0.05) is 12.1 Å². The van der Waals surface area contributed by atoms with Crippen molar-refractivity contribution in [1.82, 2.24) is 38.9 Å². The summed E-state index contributed by atoms with van der Waals surface area (Å²) in [6.45, 7) is 3.62. The van der Waals surface area contributed by atoms with E-state index < -0.39 is 0 Å². The van der Waals surface area contributed by atoms with Crippen LogP contribution in [0.15, 0.2) is 47.8 Å². The number of fused-ring (bicyclic) bond motifs is 2. The maximum absolute atomic E-state index is 12.7. The van der Waals surface area contributed by atoms with Gasteiger partial charge in [-0.15, -0.1) is 0 Å². The van der Waals surface area contributed by atoms with Gasteiger partial charge in [0.2, 0.25) is 0 Å². The number of carbonyl (C=O) groups excluding carboxylic acids is 1. The van der Waals surface area contributed by atoms with Crippen LogP contribution in [-0.2, 0) is 23.1 Å². The molecule has 0 atom stereocenters. The summed E-state index contributed by atoms with van der Waals surface area (Å²) in [5.74, 6) is 1.12. The average Bonchev–Trinajstić information content (AvgIpc) is 3.59. The summed E-state index contributed by atoms with van der Waals surface area (Å²) in [7, 11) is 1.90. The molecule has 37 heavy (non-hydrogen) atoms. The number of carbonyl (C=O) groups is 1. The van der Waals surface area contributed by atoms with Gasteiger partial charge in [0.1, 0.15) is 18.7 Å². The Morgan fingerprint density at radius 3 is 2.81 bits per heavy atom. The first-order valence-corrected chi connectivity index (χ1v) is 12.3.